The van der Waals surface area contributed by atoms with Crippen molar-refractivity contribution in [3.05, 3.63) is 23.8 Å². The lowest BCUT2D eigenvalue weighted by molar-refractivity contribution is 0.169. The molecule has 0 atom stereocenters. The van der Waals surface area contributed by atoms with Gasteiger partial charge in [-0.3, -0.25) is 5.21 Å². The van der Waals surface area contributed by atoms with E-state index in [9.17, 15) is 9.90 Å². The van der Waals surface area contributed by atoms with E-state index in [1.807, 2.05) is 0 Å². The van der Waals surface area contributed by atoms with Crippen molar-refractivity contribution in [3.8, 4) is 11.5 Å². The third kappa shape index (κ3) is 8.73. The fraction of sp³-hybridized carbons (Fsp3) is 0.462. The van der Waals surface area contributed by atoms with Gasteiger partial charge in [0.2, 0.25) is 0 Å². The van der Waals surface area contributed by atoms with Crippen molar-refractivity contribution in [3.63, 3.8) is 0 Å². The summed E-state index contributed by atoms with van der Waals surface area (Å²) in [5.41, 5.74) is 6.39. The summed E-state index contributed by atoms with van der Waals surface area (Å²) in [5.74, 6) is 0.335. The minimum Gasteiger partial charge on any atom is -0.508 e. The molecule has 6 nitrogen and oxygen atoms in total. The smallest absolute Gasteiger partial charge is 0.335 e. The molecule has 0 aromatic heterocycles. The maximum atomic E-state index is 9.49. The van der Waals surface area contributed by atoms with Crippen LogP contribution in [-0.4, -0.2) is 21.5 Å². The molecule has 1 aromatic rings. The van der Waals surface area contributed by atoms with Crippen molar-refractivity contribution in [2.75, 3.05) is 0 Å². The maximum Gasteiger partial charge on any atom is 0.335 e. The number of phenols is 2. The molecule has 1 rings (SSSR count). The fourth-order valence-corrected chi connectivity index (χ4v) is 1.51. The number of carbonyl (C=O) groups is 1. The van der Waals surface area contributed by atoms with Gasteiger partial charge in [-0.1, -0.05) is 32.3 Å². The fourth-order valence-electron chi connectivity index (χ4n) is 1.51. The Morgan fingerprint density at radius 3 is 2.37 bits per heavy atom. The van der Waals surface area contributed by atoms with Crippen LogP contribution in [0, 0.1) is 0 Å². The zero-order valence-corrected chi connectivity index (χ0v) is 11.1. The van der Waals surface area contributed by atoms with Crippen LogP contribution in [-0.2, 0) is 6.42 Å². The number of urea groups is 1. The molecular formula is C13H22N2O4. The lowest BCUT2D eigenvalue weighted by atomic mass is 10.1. The van der Waals surface area contributed by atoms with E-state index < -0.39 is 6.03 Å². The van der Waals surface area contributed by atoms with Crippen LogP contribution in [0.4, 0.5) is 4.79 Å². The van der Waals surface area contributed by atoms with Gasteiger partial charge in [0.15, 0.2) is 0 Å². The Kier molecular flexibility index (Phi) is 8.99. The summed E-state index contributed by atoms with van der Waals surface area (Å²) in [4.78, 5) is 9.23. The molecule has 0 heterocycles. The Hall–Kier alpha value is -1.95. The first-order valence-electron chi connectivity index (χ1n) is 6.21. The third-order valence-corrected chi connectivity index (χ3v) is 2.48. The number of aromatic hydroxyl groups is 2. The first-order valence-corrected chi connectivity index (χ1v) is 6.21. The molecule has 2 amide bonds. The van der Waals surface area contributed by atoms with Gasteiger partial charge in [0.05, 0.1) is 0 Å². The quantitative estimate of drug-likeness (QED) is 0.320. The molecule has 1 aromatic carbocycles. The molecule has 6 heteroatoms. The summed E-state index contributed by atoms with van der Waals surface area (Å²) in [6.45, 7) is 2.18. The van der Waals surface area contributed by atoms with Gasteiger partial charge in [0, 0.05) is 6.07 Å². The van der Waals surface area contributed by atoms with Gasteiger partial charge in [-0.15, -0.1) is 0 Å². The predicted octanol–water partition coefficient (Wildman–Crippen LogP) is 2.26. The summed E-state index contributed by atoms with van der Waals surface area (Å²) in [6, 6.07) is 3.87. The van der Waals surface area contributed by atoms with Crippen LogP contribution < -0.4 is 11.2 Å². The molecule has 0 fully saturated rings. The van der Waals surface area contributed by atoms with Crippen LogP contribution in [0.5, 0.6) is 11.5 Å². The summed E-state index contributed by atoms with van der Waals surface area (Å²) in [5, 5.41) is 26.0. The van der Waals surface area contributed by atoms with Crippen molar-refractivity contribution >= 4 is 6.03 Å². The van der Waals surface area contributed by atoms with Gasteiger partial charge in [-0.2, -0.15) is 0 Å². The average Bonchev–Trinajstić information content (AvgIpc) is 2.37. The molecule has 0 aliphatic carbocycles. The molecule has 108 valence electrons. The molecule has 0 unspecified atom stereocenters. The number of primary amides is 1. The number of hydroxylamine groups is 1. The summed E-state index contributed by atoms with van der Waals surface area (Å²) in [7, 11) is 0. The van der Waals surface area contributed by atoms with Crippen LogP contribution >= 0.6 is 0 Å². The van der Waals surface area contributed by atoms with Gasteiger partial charge in [0.25, 0.3) is 0 Å². The molecule has 0 aliphatic heterocycles. The number of benzene rings is 1. The molecule has 6 N–H and O–H groups in total. The maximum absolute atomic E-state index is 9.49. The minimum atomic E-state index is -0.940. The second-order valence-electron chi connectivity index (χ2n) is 4.10. The second-order valence-corrected chi connectivity index (χ2v) is 4.10. The van der Waals surface area contributed by atoms with E-state index in [4.69, 9.17) is 10.3 Å². The van der Waals surface area contributed by atoms with Crippen molar-refractivity contribution in [2.24, 2.45) is 5.73 Å². The van der Waals surface area contributed by atoms with Gasteiger partial charge in [0.1, 0.15) is 11.5 Å². The topological polar surface area (TPSA) is 116 Å². The number of phenolic OH excluding ortho intramolecular Hbond substituents is 2. The highest BCUT2D eigenvalue weighted by Crippen LogP contribution is 2.24. The van der Waals surface area contributed by atoms with Crippen LogP contribution in [0.3, 0.4) is 0 Å². The zero-order chi connectivity index (χ0) is 14.7. The van der Waals surface area contributed by atoms with E-state index in [1.165, 1.54) is 30.8 Å². The third-order valence-electron chi connectivity index (χ3n) is 2.48. The Balaban J connectivity index is 0.000000555. The molecule has 0 saturated heterocycles. The number of unbranched alkanes of at least 4 members (excludes halogenated alkanes) is 3. The minimum absolute atomic E-state index is 0.125. The number of hydrogen-bond acceptors (Lipinski definition) is 4. The number of aryl methyl sites for hydroxylation is 1. The molecular weight excluding hydrogens is 248 g/mol. The Bertz CT molecular complexity index is 383. The Morgan fingerprint density at radius 2 is 1.89 bits per heavy atom. The largest absolute Gasteiger partial charge is 0.508 e. The number of rotatable bonds is 5. The van der Waals surface area contributed by atoms with E-state index in [2.05, 4.69) is 12.7 Å². The second kappa shape index (κ2) is 10.0. The summed E-state index contributed by atoms with van der Waals surface area (Å²) < 4.78 is 0. The van der Waals surface area contributed by atoms with Crippen molar-refractivity contribution in [1.29, 1.82) is 0 Å². The van der Waals surface area contributed by atoms with Crippen LogP contribution in [0.2, 0.25) is 0 Å². The van der Waals surface area contributed by atoms with E-state index in [0.717, 1.165) is 18.4 Å². The van der Waals surface area contributed by atoms with E-state index in [1.54, 1.807) is 12.1 Å². The summed E-state index contributed by atoms with van der Waals surface area (Å²) in [6.07, 6.45) is 5.68. The predicted molar refractivity (Wildman–Crippen MR) is 72.1 cm³/mol. The lowest BCUT2D eigenvalue weighted by Gasteiger charge is -2.04. The number of amides is 2. The Labute approximate surface area is 112 Å². The van der Waals surface area contributed by atoms with Gasteiger partial charge in [-0.25, -0.2) is 10.3 Å². The zero-order valence-electron chi connectivity index (χ0n) is 11.1. The van der Waals surface area contributed by atoms with Crippen LogP contribution in [0.15, 0.2) is 18.2 Å². The van der Waals surface area contributed by atoms with E-state index >= 15 is 0 Å². The van der Waals surface area contributed by atoms with E-state index in [-0.39, 0.29) is 11.5 Å². The van der Waals surface area contributed by atoms with E-state index in [0.29, 0.717) is 0 Å². The first kappa shape index (κ1) is 17.1. The van der Waals surface area contributed by atoms with Crippen molar-refractivity contribution in [2.45, 2.75) is 39.0 Å². The highest BCUT2D eigenvalue weighted by atomic mass is 16.5. The van der Waals surface area contributed by atoms with Crippen LogP contribution in [0.1, 0.15) is 38.2 Å². The highest BCUT2D eigenvalue weighted by Gasteiger charge is 2.01. The molecule has 0 bridgehead atoms. The van der Waals surface area contributed by atoms with Crippen molar-refractivity contribution in [1.82, 2.24) is 5.48 Å². The Morgan fingerprint density at radius 1 is 1.26 bits per heavy atom. The van der Waals surface area contributed by atoms with Gasteiger partial charge < -0.3 is 15.9 Å². The number of nitrogens with two attached hydrogens (primary N) is 1. The SMILES string of the molecule is CCCCCCc1ccc(O)cc1O.NC(=O)NO. The lowest BCUT2D eigenvalue weighted by Crippen LogP contribution is -2.25. The highest BCUT2D eigenvalue weighted by molar-refractivity contribution is 5.69. The number of carbonyl (C=O) groups excluding carboxylic acids is 1. The number of hydrogen-bond donors (Lipinski definition) is 5. The van der Waals surface area contributed by atoms with Gasteiger partial charge in [-0.05, 0) is 24.5 Å². The number of nitrogens with one attached hydrogen (secondary N) is 1. The standard InChI is InChI=1S/C12H18O2.CH4N2O2/c1-2-3-4-5-6-10-7-8-11(13)9-12(10)14;2-1(4)3-5/h7-9,13-14H,2-6H2,1H3;5H,(H3,2,3,4). The van der Waals surface area contributed by atoms with Crippen LogP contribution in [0.25, 0.3) is 0 Å². The molecule has 0 spiro atoms. The monoisotopic (exact) mass is 270 g/mol. The first-order chi connectivity index (χ1) is 9.01. The molecule has 0 radical (unpaired) electrons. The van der Waals surface area contributed by atoms with Gasteiger partial charge >= 0.3 is 6.03 Å². The molecule has 19 heavy (non-hydrogen) atoms. The normalized spacial score (nSPS) is 9.37. The summed E-state index contributed by atoms with van der Waals surface area (Å²) >= 11 is 0. The molecule has 0 saturated carbocycles. The molecule has 0 aliphatic rings. The average molecular weight is 270 g/mol. The van der Waals surface area contributed by atoms with Crippen molar-refractivity contribution < 1.29 is 20.2 Å².